The zero-order chi connectivity index (χ0) is 29.8. The van der Waals surface area contributed by atoms with Gasteiger partial charge < -0.3 is 21.1 Å². The van der Waals surface area contributed by atoms with Crippen molar-refractivity contribution in [2.75, 3.05) is 30.1 Å². The van der Waals surface area contributed by atoms with Crippen molar-refractivity contribution in [1.82, 2.24) is 10.2 Å². The molecule has 1 aromatic heterocycles. The second-order valence-corrected chi connectivity index (χ2v) is 11.5. The van der Waals surface area contributed by atoms with Crippen LogP contribution in [0.25, 0.3) is 0 Å². The Hall–Kier alpha value is -3.44. The summed E-state index contributed by atoms with van der Waals surface area (Å²) in [7, 11) is 1.57. The summed E-state index contributed by atoms with van der Waals surface area (Å²) in [6, 6.07) is 4.44. The summed E-state index contributed by atoms with van der Waals surface area (Å²) < 4.78 is 29.9. The first kappa shape index (κ1) is 31.1. The average Bonchev–Trinajstić information content (AvgIpc) is 3.60. The number of aryl methyl sites for hydroxylation is 1. The van der Waals surface area contributed by atoms with Gasteiger partial charge in [0.1, 0.15) is 17.3 Å². The number of H-pyrrole nitrogens is 1. The van der Waals surface area contributed by atoms with E-state index in [0.29, 0.717) is 39.2 Å². The Kier molecular flexibility index (Phi) is 9.96. The highest BCUT2D eigenvalue weighted by atomic mass is 32.2. The number of hydrogen-bond donors (Lipinski definition) is 4. The van der Waals surface area contributed by atoms with Gasteiger partial charge in [0.15, 0.2) is 17.5 Å². The van der Waals surface area contributed by atoms with Gasteiger partial charge >= 0.3 is 0 Å². The number of nitrogens with zero attached hydrogens (tertiary/aromatic N) is 4. The lowest BCUT2D eigenvalue weighted by molar-refractivity contribution is 0.0906. The number of aromatic nitrogens is 2. The Morgan fingerprint density at radius 3 is 2.40 bits per heavy atom. The van der Waals surface area contributed by atoms with Crippen LogP contribution >= 0.6 is 11.8 Å². The van der Waals surface area contributed by atoms with Crippen molar-refractivity contribution in [3.05, 3.63) is 70.3 Å². The van der Waals surface area contributed by atoms with Gasteiger partial charge in [-0.2, -0.15) is 5.10 Å². The molecule has 0 spiro atoms. The molecule has 5 N–H and O–H groups in total. The predicted molar refractivity (Wildman–Crippen MR) is 162 cm³/mol. The third-order valence-corrected chi connectivity index (χ3v) is 6.99. The van der Waals surface area contributed by atoms with E-state index in [1.54, 1.807) is 47.2 Å². The molecule has 0 bridgehead atoms. The van der Waals surface area contributed by atoms with E-state index in [1.165, 1.54) is 28.8 Å². The molecule has 3 rings (SSSR count). The molecule has 1 aliphatic rings. The molecule has 1 saturated carbocycles. The van der Waals surface area contributed by atoms with Crippen molar-refractivity contribution in [2.45, 2.75) is 58.0 Å². The molecule has 1 heterocycles. The number of amidine groups is 1. The number of hydrogen-bond acceptors (Lipinski definition) is 7. The highest BCUT2D eigenvalue weighted by Gasteiger charge is 2.32. The fourth-order valence-electron chi connectivity index (χ4n) is 4.02. The van der Waals surface area contributed by atoms with Crippen LogP contribution < -0.4 is 16.0 Å². The number of aromatic amines is 1. The third kappa shape index (κ3) is 8.04. The molecule has 0 radical (unpaired) electrons. The van der Waals surface area contributed by atoms with Gasteiger partial charge in [0.25, 0.3) is 0 Å². The van der Waals surface area contributed by atoms with Gasteiger partial charge in [-0.1, -0.05) is 6.58 Å². The number of aliphatic imine (C=N–C) groups is 2. The molecule has 0 amide bonds. The minimum Gasteiger partial charge on any atom is -0.402 e. The number of aliphatic hydroxyl groups is 1. The molecule has 0 atom stereocenters. The topological polar surface area (TPSA) is 115 Å². The minimum atomic E-state index is -0.976. The Morgan fingerprint density at radius 2 is 1.93 bits per heavy atom. The summed E-state index contributed by atoms with van der Waals surface area (Å²) in [5.41, 5.74) is 8.49. The van der Waals surface area contributed by atoms with Gasteiger partial charge in [-0.15, -0.1) is 11.8 Å². The Bertz CT molecular complexity index is 1350. The first-order valence-electron chi connectivity index (χ1n) is 12.9. The molecule has 1 aromatic carbocycles. The lowest BCUT2D eigenvalue weighted by atomic mass is 9.94. The van der Waals surface area contributed by atoms with E-state index >= 15 is 0 Å². The van der Waals surface area contributed by atoms with Crippen LogP contribution in [-0.4, -0.2) is 52.8 Å². The number of nitrogens with two attached hydrogens (primary N) is 1. The van der Waals surface area contributed by atoms with Crippen LogP contribution in [0.2, 0.25) is 0 Å². The second-order valence-electron chi connectivity index (χ2n) is 10.6. The molecular formula is C29H39F2N7OS. The largest absolute Gasteiger partial charge is 0.402 e. The molecule has 0 aliphatic heterocycles. The summed E-state index contributed by atoms with van der Waals surface area (Å²) in [4.78, 5) is 11.1. The number of halogens is 2. The average molecular weight is 572 g/mol. The molecule has 216 valence electrons. The van der Waals surface area contributed by atoms with Crippen LogP contribution in [0, 0.1) is 24.5 Å². The number of anilines is 2. The maximum atomic E-state index is 15.0. The van der Waals surface area contributed by atoms with E-state index in [2.05, 4.69) is 27.1 Å². The standard InChI is InChI=1S/C29H39F2N7OS/c1-16-11-25(37-36-16)35-28(34-19(4)38(7)27-23(30)12-21(40-8)13-24(27)31)26(20-9-10-20)17(2)22(18(3)32)14-33-15-29(5,6)39/h11-14,20,39H,2,9-10,15,32H2,1,3-8H3,(H2,35,36,37)/b22-18+,28-26-,33-14?,34-19+. The molecule has 1 aliphatic carbocycles. The van der Waals surface area contributed by atoms with Gasteiger partial charge in [-0.05, 0) is 77.3 Å². The number of thioether (sulfide) groups is 1. The fourth-order valence-corrected chi connectivity index (χ4v) is 4.46. The van der Waals surface area contributed by atoms with Crippen molar-refractivity contribution in [2.24, 2.45) is 21.6 Å². The zero-order valence-corrected chi connectivity index (χ0v) is 25.0. The fraction of sp³-hybridized carbons (Fsp3) is 0.414. The normalized spacial score (nSPS) is 15.7. The quantitative estimate of drug-likeness (QED) is 0.115. The monoisotopic (exact) mass is 571 g/mol. The lowest BCUT2D eigenvalue weighted by Crippen LogP contribution is -2.26. The van der Waals surface area contributed by atoms with Gasteiger partial charge in [0.05, 0.1) is 12.1 Å². The predicted octanol–water partition coefficient (Wildman–Crippen LogP) is 5.94. The van der Waals surface area contributed by atoms with E-state index in [4.69, 9.17) is 10.7 Å². The van der Waals surface area contributed by atoms with Crippen LogP contribution in [0.3, 0.4) is 0 Å². The minimum absolute atomic E-state index is 0.142. The molecule has 1 fully saturated rings. The van der Waals surface area contributed by atoms with Gasteiger partial charge in [-0.3, -0.25) is 10.1 Å². The van der Waals surface area contributed by atoms with Gasteiger partial charge in [-0.25, -0.2) is 13.8 Å². The number of allylic oxidation sites excluding steroid dienone is 4. The SMILES string of the molecule is C=C(/C(C=NCC(C)(C)O)=C(\C)N)/C(=C(\N=C(/C)N(C)c1c(F)cc(SC)cc1F)Nc1cc(C)[nH]n1)C1CC1. The maximum absolute atomic E-state index is 15.0. The summed E-state index contributed by atoms with van der Waals surface area (Å²) >= 11 is 1.26. The van der Waals surface area contributed by atoms with E-state index in [9.17, 15) is 13.9 Å². The van der Waals surface area contributed by atoms with E-state index < -0.39 is 17.2 Å². The van der Waals surface area contributed by atoms with Gasteiger partial charge in [0.2, 0.25) is 0 Å². The summed E-state index contributed by atoms with van der Waals surface area (Å²) in [5.74, 6) is 0.109. The Morgan fingerprint density at radius 1 is 1.30 bits per heavy atom. The number of benzene rings is 1. The van der Waals surface area contributed by atoms with Crippen LogP contribution in [0.4, 0.5) is 20.3 Å². The highest BCUT2D eigenvalue weighted by molar-refractivity contribution is 7.98. The summed E-state index contributed by atoms with van der Waals surface area (Å²) in [6.07, 6.45) is 5.22. The maximum Gasteiger partial charge on any atom is 0.153 e. The first-order valence-corrected chi connectivity index (χ1v) is 14.2. The molecule has 40 heavy (non-hydrogen) atoms. The van der Waals surface area contributed by atoms with Crippen molar-refractivity contribution in [3.63, 3.8) is 0 Å². The molecule has 11 heteroatoms. The van der Waals surface area contributed by atoms with Crippen LogP contribution in [0.1, 0.15) is 46.2 Å². The molecule has 0 saturated heterocycles. The highest BCUT2D eigenvalue weighted by Crippen LogP contribution is 2.43. The van der Waals surface area contributed by atoms with Crippen molar-refractivity contribution in [3.8, 4) is 0 Å². The van der Waals surface area contributed by atoms with Crippen molar-refractivity contribution < 1.29 is 13.9 Å². The summed E-state index contributed by atoms with van der Waals surface area (Å²) in [5, 5.41) is 20.6. The van der Waals surface area contributed by atoms with E-state index in [0.717, 1.165) is 24.1 Å². The molecular weight excluding hydrogens is 532 g/mol. The second kappa shape index (κ2) is 12.8. The van der Waals surface area contributed by atoms with Crippen LogP contribution in [-0.2, 0) is 0 Å². The molecule has 2 aromatic rings. The summed E-state index contributed by atoms with van der Waals surface area (Å²) in [6.45, 7) is 13.2. The van der Waals surface area contributed by atoms with Crippen molar-refractivity contribution >= 4 is 35.3 Å². The van der Waals surface area contributed by atoms with E-state index in [-0.39, 0.29) is 18.2 Å². The van der Waals surface area contributed by atoms with Crippen molar-refractivity contribution in [1.29, 1.82) is 0 Å². The zero-order valence-electron chi connectivity index (χ0n) is 24.2. The molecule has 8 nitrogen and oxygen atoms in total. The number of rotatable bonds is 11. The Labute approximate surface area is 239 Å². The molecule has 0 unspecified atom stereocenters. The van der Waals surface area contributed by atoms with Crippen LogP contribution in [0.5, 0.6) is 0 Å². The van der Waals surface area contributed by atoms with Crippen LogP contribution in [0.15, 0.2) is 67.9 Å². The smallest absolute Gasteiger partial charge is 0.153 e. The Balaban J connectivity index is 2.13. The van der Waals surface area contributed by atoms with Gasteiger partial charge in [0, 0.05) is 46.8 Å². The van der Waals surface area contributed by atoms with E-state index in [1.807, 2.05) is 13.0 Å². The number of nitrogens with one attached hydrogen (secondary N) is 2. The lowest BCUT2D eigenvalue weighted by Gasteiger charge is -2.23. The first-order chi connectivity index (χ1) is 18.7. The third-order valence-electron chi connectivity index (χ3n) is 6.29.